The number of nitrogens with one attached hydrogen (secondary N) is 2. The molecule has 0 saturated heterocycles. The Hall–Kier alpha value is -1.36. The molecule has 1 aromatic heterocycles. The monoisotopic (exact) mass is 252 g/mol. The van der Waals surface area contributed by atoms with E-state index in [-0.39, 0.29) is 11.9 Å². The van der Waals surface area contributed by atoms with Gasteiger partial charge in [-0.15, -0.1) is 0 Å². The van der Waals surface area contributed by atoms with Crippen LogP contribution < -0.4 is 10.6 Å². The predicted octanol–water partition coefficient (Wildman–Crippen LogP) is 1.06. The molecule has 0 aliphatic rings. The average Bonchev–Trinajstić information content (AvgIpc) is 2.71. The normalized spacial score (nSPS) is 12.7. The second kappa shape index (κ2) is 7.16. The number of carbonyl (C=O) groups is 1. The van der Waals surface area contributed by atoms with E-state index in [1.54, 1.807) is 4.68 Å². The number of aryl methyl sites for hydroxylation is 1. The van der Waals surface area contributed by atoms with E-state index < -0.39 is 0 Å². The van der Waals surface area contributed by atoms with E-state index >= 15 is 0 Å². The van der Waals surface area contributed by atoms with Crippen LogP contribution in [0.25, 0.3) is 0 Å². The molecule has 0 aliphatic heterocycles. The lowest BCUT2D eigenvalue weighted by Gasteiger charge is -2.13. The quantitative estimate of drug-likeness (QED) is 0.763. The summed E-state index contributed by atoms with van der Waals surface area (Å²) in [5.41, 5.74) is 0.944. The molecule has 1 rings (SSSR count). The van der Waals surface area contributed by atoms with Crippen LogP contribution in [-0.2, 0) is 18.4 Å². The van der Waals surface area contributed by atoms with Gasteiger partial charge in [0, 0.05) is 26.3 Å². The largest absolute Gasteiger partial charge is 0.355 e. The summed E-state index contributed by atoms with van der Waals surface area (Å²) >= 11 is 0. The zero-order valence-corrected chi connectivity index (χ0v) is 11.7. The Kier molecular flexibility index (Phi) is 5.85. The van der Waals surface area contributed by atoms with Gasteiger partial charge in [-0.2, -0.15) is 5.10 Å². The molecule has 0 fully saturated rings. The Morgan fingerprint density at radius 1 is 1.44 bits per heavy atom. The SMILES string of the molecule is CC(C)CCNC(=O)C(C)NCc1ccn(C)n1. The highest BCUT2D eigenvalue weighted by Gasteiger charge is 2.11. The van der Waals surface area contributed by atoms with Gasteiger partial charge in [-0.25, -0.2) is 0 Å². The van der Waals surface area contributed by atoms with Crippen molar-refractivity contribution >= 4 is 5.91 Å². The van der Waals surface area contributed by atoms with E-state index in [4.69, 9.17) is 0 Å². The van der Waals surface area contributed by atoms with Crippen LogP contribution in [0.5, 0.6) is 0 Å². The number of rotatable bonds is 7. The topological polar surface area (TPSA) is 59.0 Å². The van der Waals surface area contributed by atoms with Crippen LogP contribution in [0.3, 0.4) is 0 Å². The Bertz CT molecular complexity index is 373. The van der Waals surface area contributed by atoms with Crippen molar-refractivity contribution in [2.75, 3.05) is 6.54 Å². The van der Waals surface area contributed by atoms with E-state index in [0.29, 0.717) is 12.5 Å². The van der Waals surface area contributed by atoms with Crippen molar-refractivity contribution < 1.29 is 4.79 Å². The average molecular weight is 252 g/mol. The fourth-order valence-corrected chi connectivity index (χ4v) is 1.54. The van der Waals surface area contributed by atoms with Gasteiger partial charge in [0.25, 0.3) is 0 Å². The molecule has 102 valence electrons. The van der Waals surface area contributed by atoms with Crippen molar-refractivity contribution in [1.29, 1.82) is 0 Å². The summed E-state index contributed by atoms with van der Waals surface area (Å²) in [4.78, 5) is 11.8. The first kappa shape index (κ1) is 14.7. The molecule has 0 aliphatic carbocycles. The summed E-state index contributed by atoms with van der Waals surface area (Å²) in [6.07, 6.45) is 2.91. The van der Waals surface area contributed by atoms with Gasteiger partial charge in [0.2, 0.25) is 5.91 Å². The summed E-state index contributed by atoms with van der Waals surface area (Å²) in [6.45, 7) is 7.52. The molecule has 5 heteroatoms. The first-order valence-corrected chi connectivity index (χ1v) is 6.48. The molecule has 0 bridgehead atoms. The lowest BCUT2D eigenvalue weighted by atomic mass is 10.1. The van der Waals surface area contributed by atoms with Crippen molar-refractivity contribution in [3.8, 4) is 0 Å². The lowest BCUT2D eigenvalue weighted by molar-refractivity contribution is -0.122. The number of carbonyl (C=O) groups excluding carboxylic acids is 1. The van der Waals surface area contributed by atoms with Crippen LogP contribution >= 0.6 is 0 Å². The van der Waals surface area contributed by atoms with E-state index in [1.165, 1.54) is 0 Å². The Balaban J connectivity index is 2.23. The highest BCUT2D eigenvalue weighted by molar-refractivity contribution is 5.81. The van der Waals surface area contributed by atoms with E-state index in [9.17, 15) is 4.79 Å². The Morgan fingerprint density at radius 3 is 2.72 bits per heavy atom. The second-order valence-electron chi connectivity index (χ2n) is 5.06. The second-order valence-corrected chi connectivity index (χ2v) is 5.06. The van der Waals surface area contributed by atoms with Gasteiger partial charge < -0.3 is 10.6 Å². The first-order chi connectivity index (χ1) is 8.49. The van der Waals surface area contributed by atoms with Gasteiger partial charge in [-0.3, -0.25) is 9.48 Å². The highest BCUT2D eigenvalue weighted by atomic mass is 16.2. The smallest absolute Gasteiger partial charge is 0.236 e. The first-order valence-electron chi connectivity index (χ1n) is 6.48. The fraction of sp³-hybridized carbons (Fsp3) is 0.692. The maximum atomic E-state index is 11.8. The van der Waals surface area contributed by atoms with Gasteiger partial charge >= 0.3 is 0 Å². The number of amides is 1. The maximum absolute atomic E-state index is 11.8. The number of hydrogen-bond acceptors (Lipinski definition) is 3. The summed E-state index contributed by atoms with van der Waals surface area (Å²) < 4.78 is 1.75. The van der Waals surface area contributed by atoms with Crippen molar-refractivity contribution in [3.05, 3.63) is 18.0 Å². The number of nitrogens with zero attached hydrogens (tertiary/aromatic N) is 2. The molecule has 1 heterocycles. The molecule has 5 nitrogen and oxygen atoms in total. The maximum Gasteiger partial charge on any atom is 0.236 e. The zero-order chi connectivity index (χ0) is 13.5. The minimum Gasteiger partial charge on any atom is -0.355 e. The van der Waals surface area contributed by atoms with Crippen LogP contribution in [0.4, 0.5) is 0 Å². The van der Waals surface area contributed by atoms with E-state index in [0.717, 1.165) is 18.7 Å². The molecule has 0 radical (unpaired) electrons. The van der Waals surface area contributed by atoms with Crippen molar-refractivity contribution in [2.24, 2.45) is 13.0 Å². The van der Waals surface area contributed by atoms with Crippen molar-refractivity contribution in [1.82, 2.24) is 20.4 Å². The molecular weight excluding hydrogens is 228 g/mol. The Labute approximate surface area is 109 Å². The van der Waals surface area contributed by atoms with Gasteiger partial charge in [-0.05, 0) is 25.3 Å². The van der Waals surface area contributed by atoms with E-state index in [1.807, 2.05) is 26.2 Å². The fourth-order valence-electron chi connectivity index (χ4n) is 1.54. The van der Waals surface area contributed by atoms with Crippen LogP contribution in [0.2, 0.25) is 0 Å². The third-order valence-corrected chi connectivity index (χ3v) is 2.77. The molecule has 1 aromatic rings. The molecule has 2 N–H and O–H groups in total. The Morgan fingerprint density at radius 2 is 2.17 bits per heavy atom. The van der Waals surface area contributed by atoms with Gasteiger partial charge in [0.05, 0.1) is 11.7 Å². The molecule has 18 heavy (non-hydrogen) atoms. The molecular formula is C13H24N4O. The minimum atomic E-state index is -0.195. The molecule has 1 atom stereocenters. The standard InChI is InChI=1S/C13H24N4O/c1-10(2)5-7-14-13(18)11(3)15-9-12-6-8-17(4)16-12/h6,8,10-11,15H,5,7,9H2,1-4H3,(H,14,18). The van der Waals surface area contributed by atoms with Gasteiger partial charge in [0.15, 0.2) is 0 Å². The van der Waals surface area contributed by atoms with E-state index in [2.05, 4.69) is 29.6 Å². The van der Waals surface area contributed by atoms with Crippen molar-refractivity contribution in [3.63, 3.8) is 0 Å². The van der Waals surface area contributed by atoms with Crippen LogP contribution in [0, 0.1) is 5.92 Å². The summed E-state index contributed by atoms with van der Waals surface area (Å²) in [6, 6.07) is 1.75. The summed E-state index contributed by atoms with van der Waals surface area (Å²) in [7, 11) is 1.88. The highest BCUT2D eigenvalue weighted by Crippen LogP contribution is 1.97. The number of hydrogen-bond donors (Lipinski definition) is 2. The summed E-state index contributed by atoms with van der Waals surface area (Å²) in [5, 5.41) is 10.3. The molecule has 1 amide bonds. The van der Waals surface area contributed by atoms with Crippen LogP contribution in [0.15, 0.2) is 12.3 Å². The van der Waals surface area contributed by atoms with Crippen molar-refractivity contribution in [2.45, 2.75) is 39.8 Å². The molecule has 1 unspecified atom stereocenters. The lowest BCUT2D eigenvalue weighted by Crippen LogP contribution is -2.42. The third kappa shape index (κ3) is 5.31. The van der Waals surface area contributed by atoms with Gasteiger partial charge in [-0.1, -0.05) is 13.8 Å². The molecule has 0 spiro atoms. The third-order valence-electron chi connectivity index (χ3n) is 2.77. The van der Waals surface area contributed by atoms with Crippen LogP contribution in [0.1, 0.15) is 32.9 Å². The summed E-state index contributed by atoms with van der Waals surface area (Å²) in [5.74, 6) is 0.661. The predicted molar refractivity (Wildman–Crippen MR) is 72.0 cm³/mol. The number of aromatic nitrogens is 2. The molecule has 0 aromatic carbocycles. The van der Waals surface area contributed by atoms with Crippen LogP contribution in [-0.4, -0.2) is 28.3 Å². The zero-order valence-electron chi connectivity index (χ0n) is 11.7. The van der Waals surface area contributed by atoms with Gasteiger partial charge in [0.1, 0.15) is 0 Å². The minimum absolute atomic E-state index is 0.0478. The molecule has 0 saturated carbocycles.